The molecule has 1 aromatic carbocycles. The molecule has 6 nitrogen and oxygen atoms in total. The Bertz CT molecular complexity index is 817. The van der Waals surface area contributed by atoms with E-state index in [-0.39, 0.29) is 11.9 Å². The number of hydrogen-bond acceptors (Lipinski definition) is 4. The lowest BCUT2D eigenvalue weighted by Crippen LogP contribution is -2.45. The third-order valence-corrected chi connectivity index (χ3v) is 5.48. The van der Waals surface area contributed by atoms with Crippen LogP contribution < -0.4 is 0 Å². The summed E-state index contributed by atoms with van der Waals surface area (Å²) in [6.45, 7) is 7.68. The van der Waals surface area contributed by atoms with Gasteiger partial charge in [0.15, 0.2) is 0 Å². The van der Waals surface area contributed by atoms with Crippen molar-refractivity contribution in [1.82, 2.24) is 19.4 Å². The summed E-state index contributed by atoms with van der Waals surface area (Å²) in [5.74, 6) is 0.399. The lowest BCUT2D eigenvalue weighted by molar-refractivity contribution is -0.128. The summed E-state index contributed by atoms with van der Waals surface area (Å²) in [6, 6.07) is 10.0. The highest BCUT2D eigenvalue weighted by Crippen LogP contribution is 2.21. The first kappa shape index (κ1) is 18.9. The van der Waals surface area contributed by atoms with Gasteiger partial charge in [0, 0.05) is 50.9 Å². The number of aryl methyl sites for hydroxylation is 1. The van der Waals surface area contributed by atoms with Crippen LogP contribution in [0.4, 0.5) is 0 Å². The van der Waals surface area contributed by atoms with E-state index in [1.165, 1.54) is 0 Å². The molecule has 0 N–H and O–H groups in total. The Kier molecular flexibility index (Phi) is 5.88. The van der Waals surface area contributed by atoms with E-state index in [1.54, 1.807) is 6.08 Å². The van der Waals surface area contributed by atoms with Gasteiger partial charge in [-0.05, 0) is 18.6 Å². The monoisotopic (exact) mass is 380 g/mol. The van der Waals surface area contributed by atoms with Crippen LogP contribution >= 0.6 is 0 Å². The molecule has 0 unspecified atom stereocenters. The van der Waals surface area contributed by atoms with Gasteiger partial charge in [-0.2, -0.15) is 0 Å². The van der Waals surface area contributed by atoms with Gasteiger partial charge in [-0.1, -0.05) is 30.3 Å². The van der Waals surface area contributed by atoms with Crippen LogP contribution in [0.15, 0.2) is 48.9 Å². The molecule has 3 heterocycles. The third kappa shape index (κ3) is 4.51. The van der Waals surface area contributed by atoms with Crippen LogP contribution in [-0.4, -0.2) is 64.1 Å². The van der Waals surface area contributed by atoms with Gasteiger partial charge in [0.05, 0.1) is 31.3 Å². The van der Waals surface area contributed by atoms with Crippen molar-refractivity contribution < 1.29 is 9.53 Å². The molecule has 0 aliphatic carbocycles. The van der Waals surface area contributed by atoms with E-state index in [0.717, 1.165) is 44.0 Å². The molecule has 0 spiro atoms. The van der Waals surface area contributed by atoms with Crippen molar-refractivity contribution in [3.63, 3.8) is 0 Å². The van der Waals surface area contributed by atoms with E-state index >= 15 is 0 Å². The quantitative estimate of drug-likeness (QED) is 0.747. The van der Waals surface area contributed by atoms with Crippen molar-refractivity contribution in [2.24, 2.45) is 5.92 Å². The molecule has 2 aliphatic heterocycles. The van der Waals surface area contributed by atoms with Gasteiger partial charge in [0.25, 0.3) is 0 Å². The van der Waals surface area contributed by atoms with Crippen LogP contribution in [-0.2, 0) is 22.6 Å². The fraction of sp³-hybridized carbons (Fsp3) is 0.455. The third-order valence-electron chi connectivity index (χ3n) is 5.48. The van der Waals surface area contributed by atoms with Crippen LogP contribution in [0.1, 0.15) is 18.2 Å². The first-order valence-electron chi connectivity index (χ1n) is 10.1. The zero-order chi connectivity index (χ0) is 19.3. The summed E-state index contributed by atoms with van der Waals surface area (Å²) < 4.78 is 7.96. The van der Waals surface area contributed by atoms with Crippen LogP contribution in [0.5, 0.6) is 0 Å². The van der Waals surface area contributed by atoms with Gasteiger partial charge >= 0.3 is 0 Å². The first-order chi connectivity index (χ1) is 13.7. The van der Waals surface area contributed by atoms with Crippen molar-refractivity contribution in [1.29, 1.82) is 0 Å². The SMILES string of the molecule is CCn1cnc(CN2C[C@@H]3COC[C@H](C2)N(C(=O)/C=C/c2ccccc2)C3)c1. The second-order valence-corrected chi connectivity index (χ2v) is 7.68. The predicted molar refractivity (Wildman–Crippen MR) is 108 cm³/mol. The fourth-order valence-corrected chi connectivity index (χ4v) is 4.06. The normalized spacial score (nSPS) is 23.1. The Morgan fingerprint density at radius 1 is 1.21 bits per heavy atom. The maximum atomic E-state index is 12.9. The van der Waals surface area contributed by atoms with Crippen molar-refractivity contribution in [3.8, 4) is 0 Å². The molecule has 2 aromatic rings. The van der Waals surface area contributed by atoms with E-state index in [1.807, 2.05) is 47.6 Å². The largest absolute Gasteiger partial charge is 0.379 e. The number of imidazole rings is 1. The van der Waals surface area contributed by atoms with Crippen LogP contribution in [0.25, 0.3) is 6.08 Å². The van der Waals surface area contributed by atoms with Gasteiger partial charge in [-0.15, -0.1) is 0 Å². The number of benzene rings is 1. The van der Waals surface area contributed by atoms with Crippen LogP contribution in [0.2, 0.25) is 0 Å². The average Bonchev–Trinajstić information content (AvgIpc) is 2.96. The number of carbonyl (C=O) groups excluding carboxylic acids is 1. The highest BCUT2D eigenvalue weighted by atomic mass is 16.5. The van der Waals surface area contributed by atoms with Crippen molar-refractivity contribution in [3.05, 3.63) is 60.2 Å². The van der Waals surface area contributed by atoms with Gasteiger partial charge in [0.2, 0.25) is 5.91 Å². The average molecular weight is 380 g/mol. The number of fused-ring (bicyclic) bond motifs is 3. The smallest absolute Gasteiger partial charge is 0.246 e. The number of carbonyl (C=O) groups is 1. The molecular weight excluding hydrogens is 352 g/mol. The highest BCUT2D eigenvalue weighted by Gasteiger charge is 2.35. The molecule has 2 aliphatic rings. The lowest BCUT2D eigenvalue weighted by atomic mass is 10.1. The minimum atomic E-state index is 0.0708. The molecule has 2 saturated heterocycles. The Balaban J connectivity index is 1.45. The van der Waals surface area contributed by atoms with Gasteiger partial charge in [-0.25, -0.2) is 4.98 Å². The van der Waals surface area contributed by atoms with Gasteiger partial charge in [-0.3, -0.25) is 9.69 Å². The molecular formula is C22H28N4O2. The second kappa shape index (κ2) is 8.71. The number of hydrogen-bond donors (Lipinski definition) is 0. The number of amides is 1. The Hall–Kier alpha value is -2.44. The summed E-state index contributed by atoms with van der Waals surface area (Å²) in [5, 5.41) is 0. The minimum absolute atomic E-state index is 0.0708. The number of ether oxygens (including phenoxy) is 1. The number of rotatable bonds is 5. The summed E-state index contributed by atoms with van der Waals surface area (Å²) in [7, 11) is 0. The molecule has 148 valence electrons. The Morgan fingerprint density at radius 3 is 2.86 bits per heavy atom. The zero-order valence-corrected chi connectivity index (χ0v) is 16.4. The standard InChI is InChI=1S/C22H28N4O2/c1-2-24-12-20(23-17-24)13-25-10-19-11-26(21(14-25)16-28-15-19)22(27)9-8-18-6-4-3-5-7-18/h3-9,12,17,19,21H,2,10-11,13-16H2,1H3/b9-8+/t19-,21-/m0/s1. The Morgan fingerprint density at radius 2 is 2.07 bits per heavy atom. The Labute approximate surface area is 166 Å². The molecule has 0 saturated carbocycles. The predicted octanol–water partition coefficient (Wildman–Crippen LogP) is 2.28. The van der Waals surface area contributed by atoms with E-state index < -0.39 is 0 Å². The number of aromatic nitrogens is 2. The van der Waals surface area contributed by atoms with Crippen molar-refractivity contribution >= 4 is 12.0 Å². The van der Waals surface area contributed by atoms with Crippen molar-refractivity contribution in [2.75, 3.05) is 32.8 Å². The second-order valence-electron chi connectivity index (χ2n) is 7.68. The molecule has 1 amide bonds. The lowest BCUT2D eigenvalue weighted by Gasteiger charge is -2.30. The van der Waals surface area contributed by atoms with Crippen molar-refractivity contribution in [2.45, 2.75) is 26.1 Å². The van der Waals surface area contributed by atoms with E-state index in [9.17, 15) is 4.79 Å². The molecule has 2 atom stereocenters. The number of nitrogens with zero attached hydrogens (tertiary/aromatic N) is 4. The highest BCUT2D eigenvalue weighted by molar-refractivity contribution is 5.92. The van der Waals surface area contributed by atoms with E-state index in [0.29, 0.717) is 19.1 Å². The molecule has 1 aromatic heterocycles. The maximum absolute atomic E-state index is 12.9. The van der Waals surface area contributed by atoms with Gasteiger partial charge < -0.3 is 14.2 Å². The molecule has 4 rings (SSSR count). The summed E-state index contributed by atoms with van der Waals surface area (Å²) in [4.78, 5) is 21.9. The first-order valence-corrected chi connectivity index (χ1v) is 10.1. The summed E-state index contributed by atoms with van der Waals surface area (Å²) >= 11 is 0. The topological polar surface area (TPSA) is 50.6 Å². The molecule has 0 radical (unpaired) electrons. The zero-order valence-electron chi connectivity index (χ0n) is 16.4. The molecule has 2 bridgehead atoms. The summed E-state index contributed by atoms with van der Waals surface area (Å²) in [5.41, 5.74) is 2.13. The fourth-order valence-electron chi connectivity index (χ4n) is 4.06. The molecule has 2 fully saturated rings. The van der Waals surface area contributed by atoms with Gasteiger partial charge in [0.1, 0.15) is 0 Å². The molecule has 6 heteroatoms. The van der Waals surface area contributed by atoms with E-state index in [4.69, 9.17) is 4.74 Å². The van der Waals surface area contributed by atoms with Crippen LogP contribution in [0, 0.1) is 5.92 Å². The molecule has 28 heavy (non-hydrogen) atoms. The van der Waals surface area contributed by atoms with Crippen LogP contribution in [0.3, 0.4) is 0 Å². The maximum Gasteiger partial charge on any atom is 0.246 e. The minimum Gasteiger partial charge on any atom is -0.379 e. The van der Waals surface area contributed by atoms with E-state index in [2.05, 4.69) is 27.6 Å². The summed E-state index contributed by atoms with van der Waals surface area (Å²) in [6.07, 6.45) is 7.60.